The van der Waals surface area contributed by atoms with Crippen LogP contribution in [0.3, 0.4) is 0 Å². The fourth-order valence-electron chi connectivity index (χ4n) is 1.81. The summed E-state index contributed by atoms with van der Waals surface area (Å²) in [5.74, 6) is 0.00876. The van der Waals surface area contributed by atoms with Gasteiger partial charge in [-0.2, -0.15) is 5.26 Å². The fourth-order valence-corrected chi connectivity index (χ4v) is 1.81. The lowest BCUT2D eigenvalue weighted by molar-refractivity contribution is -0.122. The molecule has 0 saturated heterocycles. The molecule has 1 unspecified atom stereocenters. The Morgan fingerprint density at radius 1 is 1.11 bits per heavy atom. The van der Waals surface area contributed by atoms with Gasteiger partial charge in [-0.05, 0) is 19.8 Å². The second kappa shape index (κ2) is 9.94. The third-order valence-electron chi connectivity index (χ3n) is 3.38. The van der Waals surface area contributed by atoms with Crippen molar-refractivity contribution in [2.45, 2.75) is 84.1 Å². The predicted octanol–water partition coefficient (Wildman–Crippen LogP) is 3.94. The van der Waals surface area contributed by atoms with Crippen LogP contribution in [0.2, 0.25) is 0 Å². The highest BCUT2D eigenvalue weighted by molar-refractivity contribution is 5.77. The molecule has 0 radical (unpaired) electrons. The molecule has 0 aromatic carbocycles. The molecular formula is C15H28N2O. The van der Waals surface area contributed by atoms with Gasteiger partial charge in [0.25, 0.3) is 0 Å². The molecule has 0 aliphatic heterocycles. The summed E-state index contributed by atoms with van der Waals surface area (Å²) in [5.41, 5.74) is -0.696. The van der Waals surface area contributed by atoms with Gasteiger partial charge in [-0.3, -0.25) is 4.79 Å². The smallest absolute Gasteiger partial charge is 0.221 e. The van der Waals surface area contributed by atoms with Gasteiger partial charge < -0.3 is 5.32 Å². The molecule has 0 aliphatic rings. The summed E-state index contributed by atoms with van der Waals surface area (Å²) in [5, 5.41) is 11.8. The Bertz CT molecular complexity index is 270. The second-order valence-corrected chi connectivity index (χ2v) is 5.22. The van der Waals surface area contributed by atoms with Crippen molar-refractivity contribution < 1.29 is 4.79 Å². The first-order valence-corrected chi connectivity index (χ1v) is 7.30. The van der Waals surface area contributed by atoms with Gasteiger partial charge in [0.15, 0.2) is 0 Å². The van der Waals surface area contributed by atoms with E-state index in [1.807, 2.05) is 6.92 Å². The van der Waals surface area contributed by atoms with Gasteiger partial charge in [0, 0.05) is 6.42 Å². The molecule has 3 nitrogen and oxygen atoms in total. The van der Waals surface area contributed by atoms with Crippen molar-refractivity contribution in [3.63, 3.8) is 0 Å². The van der Waals surface area contributed by atoms with Gasteiger partial charge in [-0.15, -0.1) is 0 Å². The number of carbonyl (C=O) groups excluding carboxylic acids is 1. The van der Waals surface area contributed by atoms with E-state index in [4.69, 9.17) is 5.26 Å². The van der Waals surface area contributed by atoms with Crippen LogP contribution in [0.15, 0.2) is 0 Å². The summed E-state index contributed by atoms with van der Waals surface area (Å²) in [6, 6.07) is 2.15. The molecule has 0 rings (SSSR count). The molecule has 1 atom stereocenters. The number of amides is 1. The van der Waals surface area contributed by atoms with Crippen LogP contribution in [0.1, 0.15) is 78.6 Å². The molecule has 0 aromatic rings. The molecule has 0 fully saturated rings. The average molecular weight is 252 g/mol. The van der Waals surface area contributed by atoms with Crippen molar-refractivity contribution in [3.8, 4) is 6.07 Å². The number of hydrogen-bond acceptors (Lipinski definition) is 2. The minimum atomic E-state index is -0.696. The van der Waals surface area contributed by atoms with Gasteiger partial charge in [0.05, 0.1) is 6.07 Å². The third-order valence-corrected chi connectivity index (χ3v) is 3.38. The predicted molar refractivity (Wildman–Crippen MR) is 75.1 cm³/mol. The lowest BCUT2D eigenvalue weighted by Crippen LogP contribution is -2.44. The maximum absolute atomic E-state index is 11.6. The van der Waals surface area contributed by atoms with Crippen LogP contribution in [0.4, 0.5) is 0 Å². The van der Waals surface area contributed by atoms with Gasteiger partial charge in [0.1, 0.15) is 5.54 Å². The minimum Gasteiger partial charge on any atom is -0.338 e. The molecule has 0 spiro atoms. The van der Waals surface area contributed by atoms with E-state index in [0.29, 0.717) is 12.8 Å². The van der Waals surface area contributed by atoms with Crippen LogP contribution in [-0.4, -0.2) is 11.4 Å². The summed E-state index contributed by atoms with van der Waals surface area (Å²) in [4.78, 5) is 11.6. The van der Waals surface area contributed by atoms with Gasteiger partial charge in [-0.25, -0.2) is 0 Å². The largest absolute Gasteiger partial charge is 0.338 e. The zero-order valence-electron chi connectivity index (χ0n) is 12.2. The van der Waals surface area contributed by atoms with E-state index < -0.39 is 5.54 Å². The van der Waals surface area contributed by atoms with Crippen LogP contribution < -0.4 is 5.32 Å². The molecule has 104 valence electrons. The molecule has 0 aliphatic carbocycles. The molecule has 0 aromatic heterocycles. The van der Waals surface area contributed by atoms with Crippen molar-refractivity contribution >= 4 is 5.91 Å². The summed E-state index contributed by atoms with van der Waals surface area (Å²) in [6.45, 7) is 5.90. The van der Waals surface area contributed by atoms with Crippen LogP contribution in [0, 0.1) is 11.3 Å². The van der Waals surface area contributed by atoms with Crippen molar-refractivity contribution in [2.24, 2.45) is 0 Å². The Hall–Kier alpha value is -1.04. The molecular weight excluding hydrogens is 224 g/mol. The standard InChI is InChI=1S/C15H28N2O/c1-4-6-7-8-9-10-11-12-14(18)17-15(3,5-2)13-16/h4-12H2,1-3H3,(H,17,18). The average Bonchev–Trinajstić information content (AvgIpc) is 2.37. The lowest BCUT2D eigenvalue weighted by atomic mass is 10.0. The molecule has 0 bridgehead atoms. The van der Waals surface area contributed by atoms with Crippen LogP contribution in [-0.2, 0) is 4.79 Å². The molecule has 1 amide bonds. The normalized spacial score (nSPS) is 13.7. The number of nitrogens with zero attached hydrogens (tertiary/aromatic N) is 1. The summed E-state index contributed by atoms with van der Waals surface area (Å²) < 4.78 is 0. The monoisotopic (exact) mass is 252 g/mol. The Kier molecular flexibility index (Phi) is 9.36. The number of carbonyl (C=O) groups is 1. The van der Waals surface area contributed by atoms with Crippen LogP contribution >= 0.6 is 0 Å². The van der Waals surface area contributed by atoms with Crippen molar-refractivity contribution in [3.05, 3.63) is 0 Å². The molecule has 1 N–H and O–H groups in total. The molecule has 0 saturated carbocycles. The first-order valence-electron chi connectivity index (χ1n) is 7.30. The number of hydrogen-bond donors (Lipinski definition) is 1. The van der Waals surface area contributed by atoms with E-state index in [-0.39, 0.29) is 5.91 Å². The molecule has 0 heterocycles. The van der Waals surface area contributed by atoms with Gasteiger partial charge >= 0.3 is 0 Å². The third kappa shape index (κ3) is 8.11. The maximum atomic E-state index is 11.6. The quantitative estimate of drug-likeness (QED) is 0.599. The van der Waals surface area contributed by atoms with Gasteiger partial charge in [-0.1, -0.05) is 52.4 Å². The number of nitrogens with one attached hydrogen (secondary N) is 1. The Morgan fingerprint density at radius 2 is 1.67 bits per heavy atom. The van der Waals surface area contributed by atoms with E-state index in [2.05, 4.69) is 18.3 Å². The van der Waals surface area contributed by atoms with E-state index in [9.17, 15) is 4.79 Å². The minimum absolute atomic E-state index is 0.00876. The first-order chi connectivity index (χ1) is 8.58. The Labute approximate surface area is 112 Å². The first kappa shape index (κ1) is 17.0. The van der Waals surface area contributed by atoms with Gasteiger partial charge in [0.2, 0.25) is 5.91 Å². The van der Waals surface area contributed by atoms with E-state index in [1.54, 1.807) is 6.92 Å². The van der Waals surface area contributed by atoms with Crippen molar-refractivity contribution in [1.29, 1.82) is 5.26 Å². The van der Waals surface area contributed by atoms with Crippen LogP contribution in [0.5, 0.6) is 0 Å². The van der Waals surface area contributed by atoms with Crippen LogP contribution in [0.25, 0.3) is 0 Å². The number of nitriles is 1. The van der Waals surface area contributed by atoms with E-state index in [0.717, 1.165) is 12.8 Å². The highest BCUT2D eigenvalue weighted by Gasteiger charge is 2.22. The Balaban J connectivity index is 3.57. The highest BCUT2D eigenvalue weighted by atomic mass is 16.1. The topological polar surface area (TPSA) is 52.9 Å². The van der Waals surface area contributed by atoms with Crippen molar-refractivity contribution in [1.82, 2.24) is 5.32 Å². The lowest BCUT2D eigenvalue weighted by Gasteiger charge is -2.21. The number of rotatable bonds is 10. The maximum Gasteiger partial charge on any atom is 0.221 e. The zero-order valence-corrected chi connectivity index (χ0v) is 12.2. The van der Waals surface area contributed by atoms with E-state index >= 15 is 0 Å². The number of unbranched alkanes of at least 4 members (excludes halogenated alkanes) is 6. The van der Waals surface area contributed by atoms with E-state index in [1.165, 1.54) is 32.1 Å². The van der Waals surface area contributed by atoms with Crippen molar-refractivity contribution in [2.75, 3.05) is 0 Å². The molecule has 18 heavy (non-hydrogen) atoms. The zero-order chi connectivity index (χ0) is 13.9. The SMILES string of the molecule is CCCCCCCCCC(=O)NC(C)(C#N)CC. The summed E-state index contributed by atoms with van der Waals surface area (Å²) >= 11 is 0. The Morgan fingerprint density at radius 3 is 2.17 bits per heavy atom. The molecule has 3 heteroatoms. The fraction of sp³-hybridized carbons (Fsp3) is 0.867. The summed E-state index contributed by atoms with van der Waals surface area (Å²) in [7, 11) is 0. The summed E-state index contributed by atoms with van der Waals surface area (Å²) in [6.07, 6.45) is 9.64. The second-order valence-electron chi connectivity index (χ2n) is 5.22. The highest BCUT2D eigenvalue weighted by Crippen LogP contribution is 2.10.